The van der Waals surface area contributed by atoms with E-state index in [9.17, 15) is 4.79 Å². The molecule has 31 heavy (non-hydrogen) atoms. The highest BCUT2D eigenvalue weighted by atomic mass is 35.5. The van der Waals surface area contributed by atoms with Gasteiger partial charge in [0.15, 0.2) is 5.76 Å². The molecule has 4 nitrogen and oxygen atoms in total. The maximum Gasteiger partial charge on any atom is 0.310 e. The van der Waals surface area contributed by atoms with Crippen molar-refractivity contribution in [3.63, 3.8) is 0 Å². The summed E-state index contributed by atoms with van der Waals surface area (Å²) >= 11 is 12.2. The molecule has 2 atom stereocenters. The number of hydrazone groups is 1. The Labute approximate surface area is 190 Å². The van der Waals surface area contributed by atoms with E-state index in [1.807, 2.05) is 48.5 Å². The smallest absolute Gasteiger partial charge is 0.310 e. The Morgan fingerprint density at radius 3 is 2.42 bits per heavy atom. The van der Waals surface area contributed by atoms with Crippen LogP contribution in [0.1, 0.15) is 47.0 Å². The van der Waals surface area contributed by atoms with Gasteiger partial charge in [0.25, 0.3) is 0 Å². The van der Waals surface area contributed by atoms with Crippen LogP contribution in [0.15, 0.2) is 82.0 Å². The zero-order valence-corrected chi connectivity index (χ0v) is 18.2. The van der Waals surface area contributed by atoms with Gasteiger partial charge in [-0.15, -0.1) is 0 Å². The Kier molecular flexibility index (Phi) is 5.43. The van der Waals surface area contributed by atoms with E-state index in [-0.39, 0.29) is 23.6 Å². The van der Waals surface area contributed by atoms with Crippen molar-refractivity contribution in [3.8, 4) is 0 Å². The maximum atomic E-state index is 13.3. The molecule has 1 fully saturated rings. The first-order valence-corrected chi connectivity index (χ1v) is 11.0. The van der Waals surface area contributed by atoms with E-state index in [1.54, 1.807) is 17.1 Å². The molecular weight excluding hydrogens is 431 g/mol. The monoisotopic (exact) mass is 450 g/mol. The van der Waals surface area contributed by atoms with Crippen molar-refractivity contribution >= 4 is 40.9 Å². The van der Waals surface area contributed by atoms with Crippen LogP contribution in [0.2, 0.25) is 10.0 Å². The van der Waals surface area contributed by atoms with Crippen LogP contribution >= 0.6 is 23.2 Å². The molecule has 6 heteroatoms. The fourth-order valence-electron chi connectivity index (χ4n) is 4.43. The molecule has 0 unspecified atom stereocenters. The highest BCUT2D eigenvalue weighted by Gasteiger charge is 2.44. The molecule has 1 aromatic heterocycles. The molecule has 0 spiro atoms. The number of rotatable bonds is 3. The topological polar surface area (TPSA) is 45.8 Å². The summed E-state index contributed by atoms with van der Waals surface area (Å²) in [4.78, 5) is 13.3. The first-order chi connectivity index (χ1) is 15.1. The molecule has 0 N–H and O–H groups in total. The lowest BCUT2D eigenvalue weighted by atomic mass is 9.77. The number of allylic oxidation sites excluding steroid dienone is 1. The lowest BCUT2D eigenvalue weighted by Gasteiger charge is -2.29. The Balaban J connectivity index is 1.57. The summed E-state index contributed by atoms with van der Waals surface area (Å²) in [5.41, 5.74) is 4.22. The highest BCUT2D eigenvalue weighted by Crippen LogP contribution is 2.45. The van der Waals surface area contributed by atoms with Gasteiger partial charge in [-0.1, -0.05) is 47.5 Å². The van der Waals surface area contributed by atoms with Gasteiger partial charge < -0.3 is 4.42 Å². The molecule has 3 aromatic rings. The lowest BCUT2D eigenvalue weighted by Crippen LogP contribution is -2.31. The minimum absolute atomic E-state index is 0.118. The van der Waals surface area contributed by atoms with E-state index in [0.29, 0.717) is 10.0 Å². The number of benzene rings is 2. The quantitative estimate of drug-likeness (QED) is 0.430. The van der Waals surface area contributed by atoms with E-state index in [2.05, 4.69) is 6.08 Å². The van der Waals surface area contributed by atoms with Crippen molar-refractivity contribution in [2.24, 2.45) is 11.0 Å². The largest absolute Gasteiger partial charge is 0.459 e. The van der Waals surface area contributed by atoms with E-state index in [1.165, 1.54) is 6.26 Å². The molecule has 1 aliphatic carbocycles. The summed E-state index contributed by atoms with van der Waals surface area (Å²) in [7, 11) is 0. The molecule has 156 valence electrons. The van der Waals surface area contributed by atoms with Crippen LogP contribution in [0.4, 0.5) is 0 Å². The van der Waals surface area contributed by atoms with Gasteiger partial charge in [0.1, 0.15) is 0 Å². The van der Waals surface area contributed by atoms with Crippen molar-refractivity contribution in [1.82, 2.24) is 5.01 Å². The van der Waals surface area contributed by atoms with E-state index >= 15 is 0 Å². The van der Waals surface area contributed by atoms with Crippen LogP contribution < -0.4 is 0 Å². The van der Waals surface area contributed by atoms with Crippen LogP contribution in [-0.4, -0.2) is 16.6 Å². The third kappa shape index (κ3) is 3.93. The van der Waals surface area contributed by atoms with Crippen molar-refractivity contribution in [2.45, 2.75) is 25.3 Å². The Morgan fingerprint density at radius 2 is 1.74 bits per heavy atom. The number of furan rings is 1. The fourth-order valence-corrected chi connectivity index (χ4v) is 4.69. The third-order valence-electron chi connectivity index (χ3n) is 5.86. The average Bonchev–Trinajstić information content (AvgIpc) is 3.44. The van der Waals surface area contributed by atoms with E-state index in [4.69, 9.17) is 32.7 Å². The minimum atomic E-state index is -0.238. The second-order valence-electron chi connectivity index (χ2n) is 7.83. The second kappa shape index (κ2) is 8.37. The van der Waals surface area contributed by atoms with Gasteiger partial charge in [0.05, 0.1) is 18.0 Å². The maximum absolute atomic E-state index is 13.3. The summed E-state index contributed by atoms with van der Waals surface area (Å²) in [5.74, 6) is 0.162. The summed E-state index contributed by atoms with van der Waals surface area (Å²) in [6.07, 6.45) is 6.59. The van der Waals surface area contributed by atoms with Gasteiger partial charge in [-0.2, -0.15) is 5.10 Å². The zero-order valence-electron chi connectivity index (χ0n) is 16.7. The van der Waals surface area contributed by atoms with Crippen molar-refractivity contribution < 1.29 is 9.21 Å². The first-order valence-electron chi connectivity index (χ1n) is 10.3. The third-order valence-corrected chi connectivity index (χ3v) is 6.37. The fraction of sp³-hybridized carbons (Fsp3) is 0.200. The zero-order chi connectivity index (χ0) is 21.4. The van der Waals surface area contributed by atoms with Gasteiger partial charge in [-0.25, -0.2) is 5.01 Å². The second-order valence-corrected chi connectivity index (χ2v) is 8.70. The Bertz CT molecular complexity index is 1150. The van der Waals surface area contributed by atoms with E-state index < -0.39 is 0 Å². The van der Waals surface area contributed by atoms with Crippen molar-refractivity contribution in [1.29, 1.82) is 0 Å². The van der Waals surface area contributed by atoms with Gasteiger partial charge in [-0.3, -0.25) is 4.79 Å². The average molecular weight is 451 g/mol. The molecule has 0 radical (unpaired) electrons. The van der Waals surface area contributed by atoms with Gasteiger partial charge in [0, 0.05) is 16.0 Å². The summed E-state index contributed by atoms with van der Waals surface area (Å²) in [6.45, 7) is 0. The molecule has 1 saturated carbocycles. The number of fused-ring (bicyclic) bond motifs is 1. The molecule has 0 bridgehead atoms. The summed E-state index contributed by atoms with van der Waals surface area (Å²) in [5, 5.41) is 7.81. The van der Waals surface area contributed by atoms with Crippen LogP contribution in [0.3, 0.4) is 0 Å². The first kappa shape index (κ1) is 20.1. The SMILES string of the molecule is O=C(c1ccco1)N1N=C2/C(=C/c3ccc(Cl)cc3)CCC[C@H]2[C@@H]1c1ccc(Cl)cc1. The standard InChI is InChI=1S/C25H20Cl2N2O2/c26-19-10-6-16(7-11-19)15-18-3-1-4-21-23(18)28-29(25(30)22-5-2-14-31-22)24(21)17-8-12-20(27)13-9-17/h2,5-15,21,24H,1,3-4H2/b18-15+/t21-,24+/m1/s1. The lowest BCUT2D eigenvalue weighted by molar-refractivity contribution is 0.0648. The van der Waals surface area contributed by atoms with Crippen LogP contribution in [0.5, 0.6) is 0 Å². The number of halogens is 2. The number of carbonyl (C=O) groups excluding carboxylic acids is 1. The molecule has 1 amide bonds. The predicted octanol–water partition coefficient (Wildman–Crippen LogP) is 7.02. The molecule has 0 saturated heterocycles. The van der Waals surface area contributed by atoms with Gasteiger partial charge in [-0.05, 0) is 78.4 Å². The summed E-state index contributed by atoms with van der Waals surface area (Å²) < 4.78 is 5.39. The van der Waals surface area contributed by atoms with Crippen molar-refractivity contribution in [2.75, 3.05) is 0 Å². The van der Waals surface area contributed by atoms with Crippen LogP contribution in [0.25, 0.3) is 6.08 Å². The molecular formula is C25H20Cl2N2O2. The van der Waals surface area contributed by atoms with Crippen molar-refractivity contribution in [3.05, 3.63) is 99.4 Å². The number of carbonyl (C=O) groups is 1. The number of amides is 1. The molecule has 2 aromatic carbocycles. The van der Waals surface area contributed by atoms with Gasteiger partial charge >= 0.3 is 5.91 Å². The number of hydrogen-bond donors (Lipinski definition) is 0. The van der Waals surface area contributed by atoms with Crippen LogP contribution in [-0.2, 0) is 0 Å². The molecule has 2 heterocycles. The predicted molar refractivity (Wildman–Crippen MR) is 123 cm³/mol. The number of nitrogens with zero attached hydrogens (tertiary/aromatic N) is 2. The molecule has 1 aliphatic heterocycles. The molecule has 5 rings (SSSR count). The number of hydrogen-bond acceptors (Lipinski definition) is 3. The van der Waals surface area contributed by atoms with Crippen LogP contribution in [0, 0.1) is 5.92 Å². The van der Waals surface area contributed by atoms with E-state index in [0.717, 1.165) is 41.7 Å². The Hall–Kier alpha value is -2.82. The summed E-state index contributed by atoms with van der Waals surface area (Å²) in [6, 6.07) is 18.6. The normalized spacial score (nSPS) is 21.8. The molecule has 2 aliphatic rings. The highest BCUT2D eigenvalue weighted by molar-refractivity contribution is 6.30. The minimum Gasteiger partial charge on any atom is -0.459 e. The Morgan fingerprint density at radius 1 is 1.03 bits per heavy atom. The van der Waals surface area contributed by atoms with Gasteiger partial charge in [0.2, 0.25) is 0 Å².